The number of hydrogen-bond donors (Lipinski definition) is 1. The van der Waals surface area contributed by atoms with Crippen molar-refractivity contribution in [3.05, 3.63) is 28.6 Å². The summed E-state index contributed by atoms with van der Waals surface area (Å²) in [5.41, 5.74) is 3.38. The van der Waals surface area contributed by atoms with E-state index in [0.29, 0.717) is 12.0 Å². The molecule has 0 radical (unpaired) electrons. The van der Waals surface area contributed by atoms with E-state index in [9.17, 15) is 10.1 Å². The number of carbonyl (C=O) groups is 1. The Kier molecular flexibility index (Phi) is 5.88. The van der Waals surface area contributed by atoms with Crippen molar-refractivity contribution in [2.45, 2.75) is 72.4 Å². The lowest BCUT2D eigenvalue weighted by Crippen LogP contribution is -2.41. The number of carbonyl (C=O) groups excluding carboxylic acids is 1. The highest BCUT2D eigenvalue weighted by Crippen LogP contribution is 2.25. The van der Waals surface area contributed by atoms with E-state index in [2.05, 4.69) is 43.6 Å². The third-order valence-electron chi connectivity index (χ3n) is 5.13. The number of aromatic nitrogens is 1. The molecule has 4 nitrogen and oxygen atoms in total. The molecule has 0 spiro atoms. The Labute approximate surface area is 145 Å². The number of rotatable bonds is 4. The van der Waals surface area contributed by atoms with Gasteiger partial charge in [-0.3, -0.25) is 4.79 Å². The molecule has 130 valence electrons. The topological polar surface area (TPSA) is 57.8 Å². The van der Waals surface area contributed by atoms with Gasteiger partial charge in [-0.2, -0.15) is 5.26 Å². The minimum absolute atomic E-state index is 0.186. The van der Waals surface area contributed by atoms with Crippen molar-refractivity contribution in [2.75, 3.05) is 0 Å². The molecular weight excluding hydrogens is 298 g/mol. The summed E-state index contributed by atoms with van der Waals surface area (Å²) in [5.74, 6) is 0.235. The van der Waals surface area contributed by atoms with Crippen molar-refractivity contribution in [1.29, 1.82) is 5.26 Å². The molecule has 1 fully saturated rings. The van der Waals surface area contributed by atoms with Gasteiger partial charge in [0.15, 0.2) is 0 Å². The molecule has 1 aromatic rings. The SMILES string of the molecule is Cc1cc(/C=C(\C#N)C(=O)N[C@@H]2CCCC[C@H]2C)c(C)n1C(C)C. The molecule has 1 aliphatic rings. The molecule has 4 heteroatoms. The molecule has 0 bridgehead atoms. The zero-order valence-corrected chi connectivity index (χ0v) is 15.5. The van der Waals surface area contributed by atoms with Gasteiger partial charge in [-0.15, -0.1) is 0 Å². The highest BCUT2D eigenvalue weighted by Gasteiger charge is 2.24. The van der Waals surface area contributed by atoms with Gasteiger partial charge in [0, 0.05) is 23.5 Å². The number of nitriles is 1. The fourth-order valence-corrected chi connectivity index (χ4v) is 3.82. The molecule has 2 atom stereocenters. The van der Waals surface area contributed by atoms with Crippen LogP contribution in [0.3, 0.4) is 0 Å². The van der Waals surface area contributed by atoms with E-state index in [1.54, 1.807) is 6.08 Å². The predicted octanol–water partition coefficient (Wildman–Crippen LogP) is 4.29. The molecule has 1 N–H and O–H groups in total. The first-order chi connectivity index (χ1) is 11.3. The number of nitrogens with zero attached hydrogens (tertiary/aromatic N) is 2. The normalized spacial score (nSPS) is 21.6. The average Bonchev–Trinajstić information content (AvgIpc) is 2.81. The van der Waals surface area contributed by atoms with Crippen LogP contribution >= 0.6 is 0 Å². The summed E-state index contributed by atoms with van der Waals surface area (Å²) < 4.78 is 2.22. The van der Waals surface area contributed by atoms with Gasteiger partial charge in [-0.25, -0.2) is 0 Å². The van der Waals surface area contributed by atoms with Gasteiger partial charge >= 0.3 is 0 Å². The van der Waals surface area contributed by atoms with E-state index >= 15 is 0 Å². The summed E-state index contributed by atoms with van der Waals surface area (Å²) >= 11 is 0. The van der Waals surface area contributed by atoms with Crippen LogP contribution < -0.4 is 5.32 Å². The van der Waals surface area contributed by atoms with Crippen LogP contribution in [0.1, 0.15) is 69.4 Å². The summed E-state index contributed by atoms with van der Waals surface area (Å²) in [5, 5.41) is 12.5. The Hall–Kier alpha value is -2.02. The van der Waals surface area contributed by atoms with Gasteiger partial charge in [0.2, 0.25) is 0 Å². The number of hydrogen-bond acceptors (Lipinski definition) is 2. The van der Waals surface area contributed by atoms with E-state index in [0.717, 1.165) is 36.2 Å². The first-order valence-electron chi connectivity index (χ1n) is 8.96. The van der Waals surface area contributed by atoms with Crippen molar-refractivity contribution in [3.63, 3.8) is 0 Å². The van der Waals surface area contributed by atoms with Gasteiger partial charge in [-0.1, -0.05) is 19.8 Å². The van der Waals surface area contributed by atoms with Gasteiger partial charge in [0.25, 0.3) is 5.91 Å². The summed E-state index contributed by atoms with van der Waals surface area (Å²) in [4.78, 5) is 12.5. The maximum Gasteiger partial charge on any atom is 0.262 e. The standard InChI is InChI=1S/C20H29N3O/c1-13(2)23-15(4)10-17(16(23)5)11-18(12-21)20(24)22-19-9-7-6-8-14(19)3/h10-11,13-14,19H,6-9H2,1-5H3,(H,22,24)/b18-11+/t14-,19-/m1/s1. The van der Waals surface area contributed by atoms with Crippen molar-refractivity contribution in [2.24, 2.45) is 5.92 Å². The lowest BCUT2D eigenvalue weighted by Gasteiger charge is -2.29. The Morgan fingerprint density at radius 3 is 2.58 bits per heavy atom. The zero-order chi connectivity index (χ0) is 17.9. The third kappa shape index (κ3) is 3.90. The van der Waals surface area contributed by atoms with Crippen LogP contribution in [0.25, 0.3) is 6.08 Å². The van der Waals surface area contributed by atoms with Gasteiger partial charge < -0.3 is 9.88 Å². The van der Waals surface area contributed by atoms with E-state index in [4.69, 9.17) is 0 Å². The monoisotopic (exact) mass is 327 g/mol. The van der Waals surface area contributed by atoms with E-state index in [-0.39, 0.29) is 17.5 Å². The van der Waals surface area contributed by atoms with Crippen LogP contribution in [0.5, 0.6) is 0 Å². The molecular formula is C20H29N3O. The second kappa shape index (κ2) is 7.70. The number of nitrogens with one attached hydrogen (secondary N) is 1. The number of amides is 1. The fourth-order valence-electron chi connectivity index (χ4n) is 3.82. The second-order valence-corrected chi connectivity index (χ2v) is 7.30. The van der Waals surface area contributed by atoms with Crippen LogP contribution in [0.2, 0.25) is 0 Å². The van der Waals surface area contributed by atoms with Gasteiger partial charge in [0.1, 0.15) is 11.6 Å². The smallest absolute Gasteiger partial charge is 0.262 e. The van der Waals surface area contributed by atoms with Crippen LogP contribution in [0.4, 0.5) is 0 Å². The molecule has 0 aliphatic heterocycles. The Morgan fingerprint density at radius 1 is 1.38 bits per heavy atom. The Balaban J connectivity index is 2.22. The van der Waals surface area contributed by atoms with E-state index in [1.165, 1.54) is 6.42 Å². The maximum atomic E-state index is 12.5. The molecule has 1 saturated carbocycles. The molecule has 1 aromatic heterocycles. The van der Waals surface area contributed by atoms with Gasteiger partial charge in [0.05, 0.1) is 0 Å². The van der Waals surface area contributed by atoms with E-state index in [1.807, 2.05) is 13.0 Å². The van der Waals surface area contributed by atoms with Crippen molar-refractivity contribution in [3.8, 4) is 6.07 Å². The predicted molar refractivity (Wildman–Crippen MR) is 97.4 cm³/mol. The molecule has 1 amide bonds. The summed E-state index contributed by atoms with van der Waals surface area (Å²) in [6.45, 7) is 10.5. The second-order valence-electron chi connectivity index (χ2n) is 7.30. The minimum atomic E-state index is -0.245. The Morgan fingerprint density at radius 2 is 2.04 bits per heavy atom. The third-order valence-corrected chi connectivity index (χ3v) is 5.13. The van der Waals surface area contributed by atoms with Crippen LogP contribution in [-0.2, 0) is 4.79 Å². The molecule has 2 rings (SSSR count). The van der Waals surface area contributed by atoms with Crippen molar-refractivity contribution >= 4 is 12.0 Å². The quantitative estimate of drug-likeness (QED) is 0.662. The maximum absolute atomic E-state index is 12.5. The van der Waals surface area contributed by atoms with Gasteiger partial charge in [-0.05, 0) is 64.2 Å². The molecule has 0 aromatic carbocycles. The zero-order valence-electron chi connectivity index (χ0n) is 15.5. The van der Waals surface area contributed by atoms with Crippen LogP contribution in [0, 0.1) is 31.1 Å². The molecule has 0 saturated heterocycles. The Bertz CT molecular complexity index is 676. The lowest BCUT2D eigenvalue weighted by molar-refractivity contribution is -0.118. The highest BCUT2D eigenvalue weighted by atomic mass is 16.1. The largest absolute Gasteiger partial charge is 0.348 e. The van der Waals surface area contributed by atoms with Crippen molar-refractivity contribution in [1.82, 2.24) is 9.88 Å². The fraction of sp³-hybridized carbons (Fsp3) is 0.600. The molecule has 1 heterocycles. The molecule has 24 heavy (non-hydrogen) atoms. The first-order valence-corrected chi connectivity index (χ1v) is 8.96. The van der Waals surface area contributed by atoms with Crippen LogP contribution in [-0.4, -0.2) is 16.5 Å². The summed E-state index contributed by atoms with van der Waals surface area (Å²) in [7, 11) is 0. The highest BCUT2D eigenvalue weighted by molar-refractivity contribution is 6.02. The molecule has 1 aliphatic carbocycles. The van der Waals surface area contributed by atoms with Crippen LogP contribution in [0.15, 0.2) is 11.6 Å². The average molecular weight is 327 g/mol. The molecule has 0 unspecified atom stereocenters. The summed E-state index contributed by atoms with van der Waals surface area (Å²) in [6, 6.07) is 4.67. The summed E-state index contributed by atoms with van der Waals surface area (Å²) in [6.07, 6.45) is 6.26. The number of aryl methyl sites for hydroxylation is 1. The van der Waals surface area contributed by atoms with E-state index < -0.39 is 0 Å². The lowest BCUT2D eigenvalue weighted by atomic mass is 9.86. The first kappa shape index (κ1) is 18.3. The van der Waals surface area contributed by atoms with Crippen molar-refractivity contribution < 1.29 is 4.79 Å². The minimum Gasteiger partial charge on any atom is -0.348 e.